The lowest BCUT2D eigenvalue weighted by molar-refractivity contribution is 0.0605. The van der Waals surface area contributed by atoms with E-state index in [0.29, 0.717) is 29.0 Å². The Morgan fingerprint density at radius 3 is 2.52 bits per heavy atom. The van der Waals surface area contributed by atoms with Gasteiger partial charge in [0.1, 0.15) is 0 Å². The van der Waals surface area contributed by atoms with E-state index in [1.165, 1.54) is 5.56 Å². The van der Waals surface area contributed by atoms with E-state index in [1.54, 1.807) is 22.6 Å². The molecule has 2 aromatic carbocycles. The van der Waals surface area contributed by atoms with E-state index in [2.05, 4.69) is 25.9 Å². The second kappa shape index (κ2) is 10.3. The summed E-state index contributed by atoms with van der Waals surface area (Å²) in [4.78, 5) is 0.309. The first kappa shape index (κ1) is 23.8. The quantitative estimate of drug-likeness (QED) is 0.428. The summed E-state index contributed by atoms with van der Waals surface area (Å²) < 4.78 is 36.5. The van der Waals surface area contributed by atoms with Crippen molar-refractivity contribution in [1.82, 2.24) is 9.78 Å². The second-order valence-corrected chi connectivity index (χ2v) is 11.2. The molecule has 178 valence electrons. The first-order valence-electron chi connectivity index (χ1n) is 12.0. The number of aromatic nitrogens is 2. The molecule has 0 aliphatic carbocycles. The van der Waals surface area contributed by atoms with Crippen LogP contribution in [-0.2, 0) is 27.7 Å². The molecular weight excluding hydrogens is 434 g/mol. The van der Waals surface area contributed by atoms with Crippen LogP contribution < -0.4 is 4.31 Å². The fourth-order valence-electron chi connectivity index (χ4n) is 4.33. The van der Waals surface area contributed by atoms with Gasteiger partial charge in [0, 0.05) is 31.7 Å². The number of hydrogen-bond donors (Lipinski definition) is 0. The Morgan fingerprint density at radius 1 is 1.12 bits per heavy atom. The zero-order valence-electron chi connectivity index (χ0n) is 19.9. The minimum atomic E-state index is -3.70. The van der Waals surface area contributed by atoms with Crippen molar-refractivity contribution in [2.75, 3.05) is 24.1 Å². The van der Waals surface area contributed by atoms with Crippen LogP contribution in [0.25, 0.3) is 10.9 Å². The van der Waals surface area contributed by atoms with Crippen LogP contribution in [0.15, 0.2) is 53.6 Å². The molecule has 7 heteroatoms. The average molecular weight is 470 g/mol. The van der Waals surface area contributed by atoms with Crippen LogP contribution in [-0.4, -0.2) is 38.0 Å². The lowest BCUT2D eigenvalue weighted by Gasteiger charge is -2.26. The molecule has 1 saturated heterocycles. The minimum Gasteiger partial charge on any atom is -0.381 e. The van der Waals surface area contributed by atoms with Gasteiger partial charge >= 0.3 is 0 Å². The number of benzene rings is 2. The molecule has 0 bridgehead atoms. The van der Waals surface area contributed by atoms with Crippen LogP contribution >= 0.6 is 0 Å². The summed E-state index contributed by atoms with van der Waals surface area (Å²) in [6.45, 7) is 9.22. The summed E-state index contributed by atoms with van der Waals surface area (Å²) in [6, 6.07) is 13.2. The monoisotopic (exact) mass is 469 g/mol. The zero-order chi connectivity index (χ0) is 23.4. The van der Waals surface area contributed by atoms with Crippen LogP contribution in [0.4, 0.5) is 5.69 Å². The topological polar surface area (TPSA) is 64.4 Å². The minimum absolute atomic E-state index is 0.309. The molecule has 4 rings (SSSR count). The summed E-state index contributed by atoms with van der Waals surface area (Å²) >= 11 is 0. The van der Waals surface area contributed by atoms with Crippen molar-refractivity contribution >= 4 is 26.6 Å². The number of hydrogen-bond acceptors (Lipinski definition) is 4. The molecule has 0 N–H and O–H groups in total. The Bertz CT molecular complexity index is 1160. The fraction of sp³-hybridized carbons (Fsp3) is 0.500. The van der Waals surface area contributed by atoms with E-state index < -0.39 is 10.0 Å². The first-order valence-corrected chi connectivity index (χ1v) is 13.5. The van der Waals surface area contributed by atoms with Gasteiger partial charge in [-0.1, -0.05) is 32.9 Å². The van der Waals surface area contributed by atoms with Crippen LogP contribution in [0.3, 0.4) is 0 Å². The number of ether oxygens (including phenoxy) is 1. The van der Waals surface area contributed by atoms with E-state index in [1.807, 2.05) is 35.0 Å². The lowest BCUT2D eigenvalue weighted by Crippen LogP contribution is -2.32. The Kier molecular flexibility index (Phi) is 7.39. The highest BCUT2D eigenvalue weighted by Crippen LogP contribution is 2.28. The Morgan fingerprint density at radius 2 is 1.85 bits per heavy atom. The van der Waals surface area contributed by atoms with Gasteiger partial charge in [-0.3, -0.25) is 8.99 Å². The summed E-state index contributed by atoms with van der Waals surface area (Å²) in [5.74, 6) is 0.950. The average Bonchev–Trinajstić information content (AvgIpc) is 3.22. The van der Waals surface area contributed by atoms with Crippen molar-refractivity contribution in [1.29, 1.82) is 0 Å². The maximum Gasteiger partial charge on any atom is 0.264 e. The number of rotatable bonds is 9. The lowest BCUT2D eigenvalue weighted by atomic mass is 10.0. The highest BCUT2D eigenvalue weighted by atomic mass is 32.2. The molecule has 6 nitrogen and oxygen atoms in total. The Balaban J connectivity index is 1.63. The molecule has 3 aromatic rings. The van der Waals surface area contributed by atoms with Crippen molar-refractivity contribution in [2.24, 2.45) is 11.8 Å². The van der Waals surface area contributed by atoms with Crippen molar-refractivity contribution in [3.05, 3.63) is 54.2 Å². The summed E-state index contributed by atoms with van der Waals surface area (Å²) in [7, 11) is -3.70. The summed E-state index contributed by atoms with van der Waals surface area (Å²) in [5.41, 5.74) is 2.88. The van der Waals surface area contributed by atoms with Gasteiger partial charge in [-0.15, -0.1) is 0 Å². The highest BCUT2D eigenvalue weighted by molar-refractivity contribution is 7.92. The molecule has 0 unspecified atom stereocenters. The maximum atomic E-state index is 13.8. The largest absolute Gasteiger partial charge is 0.381 e. The highest BCUT2D eigenvalue weighted by Gasteiger charge is 2.26. The van der Waals surface area contributed by atoms with E-state index >= 15 is 0 Å². The van der Waals surface area contributed by atoms with Gasteiger partial charge in [-0.05, 0) is 73.4 Å². The predicted molar refractivity (Wildman–Crippen MR) is 133 cm³/mol. The SMILES string of the molecule is CCc1ccc(N(CCC(C)C)S(=O)(=O)c2ccc3c(cnn3CC3CCOCC3)c2)cc1. The second-order valence-electron chi connectivity index (χ2n) is 9.38. The Hall–Kier alpha value is -2.38. The summed E-state index contributed by atoms with van der Waals surface area (Å²) in [5, 5.41) is 5.42. The van der Waals surface area contributed by atoms with Crippen LogP contribution in [0.2, 0.25) is 0 Å². The van der Waals surface area contributed by atoms with Gasteiger partial charge in [-0.25, -0.2) is 8.42 Å². The zero-order valence-corrected chi connectivity index (χ0v) is 20.7. The molecule has 1 aliphatic heterocycles. The number of aryl methyl sites for hydroxylation is 1. The fourth-order valence-corrected chi connectivity index (χ4v) is 5.85. The molecule has 33 heavy (non-hydrogen) atoms. The normalized spacial score (nSPS) is 15.4. The number of fused-ring (bicyclic) bond motifs is 1. The van der Waals surface area contributed by atoms with Crippen molar-refractivity contribution < 1.29 is 13.2 Å². The van der Waals surface area contributed by atoms with Gasteiger partial charge in [0.25, 0.3) is 10.0 Å². The van der Waals surface area contributed by atoms with Crippen molar-refractivity contribution in [3.63, 3.8) is 0 Å². The third kappa shape index (κ3) is 5.41. The van der Waals surface area contributed by atoms with Crippen LogP contribution in [0.1, 0.15) is 45.6 Å². The molecule has 0 saturated carbocycles. The van der Waals surface area contributed by atoms with E-state index in [4.69, 9.17) is 4.74 Å². The van der Waals surface area contributed by atoms with Gasteiger partial charge in [-0.2, -0.15) is 5.10 Å². The van der Waals surface area contributed by atoms with Gasteiger partial charge in [0.15, 0.2) is 0 Å². The molecule has 1 fully saturated rings. The van der Waals surface area contributed by atoms with Crippen LogP contribution in [0, 0.1) is 11.8 Å². The van der Waals surface area contributed by atoms with Gasteiger partial charge in [0.05, 0.1) is 22.3 Å². The van der Waals surface area contributed by atoms with Crippen molar-refractivity contribution in [3.8, 4) is 0 Å². The molecule has 0 radical (unpaired) electrons. The molecule has 1 aliphatic rings. The summed E-state index contributed by atoms with van der Waals surface area (Å²) in [6.07, 6.45) is 5.57. The smallest absolute Gasteiger partial charge is 0.264 e. The predicted octanol–water partition coefficient (Wildman–Crippen LogP) is 5.27. The molecular formula is C26H35N3O3S. The van der Waals surface area contributed by atoms with E-state index in [9.17, 15) is 8.42 Å². The third-order valence-corrected chi connectivity index (χ3v) is 8.34. The number of nitrogens with zero attached hydrogens (tertiary/aromatic N) is 3. The Labute approximate surface area is 197 Å². The molecule has 2 heterocycles. The molecule has 0 atom stereocenters. The standard InChI is InChI=1S/C26H35N3O3S/c1-4-21-5-7-24(8-6-21)29(14-11-20(2)3)33(30,31)25-9-10-26-23(17-25)18-27-28(26)19-22-12-15-32-16-13-22/h5-10,17-18,20,22H,4,11-16,19H2,1-3H3. The molecule has 0 spiro atoms. The van der Waals surface area contributed by atoms with Gasteiger partial charge < -0.3 is 4.74 Å². The molecule has 1 aromatic heterocycles. The molecule has 0 amide bonds. The van der Waals surface area contributed by atoms with Gasteiger partial charge in [0.2, 0.25) is 0 Å². The number of sulfonamides is 1. The maximum absolute atomic E-state index is 13.8. The first-order chi connectivity index (χ1) is 15.9. The van der Waals surface area contributed by atoms with E-state index in [0.717, 1.165) is 56.3 Å². The van der Waals surface area contributed by atoms with Crippen LogP contribution in [0.5, 0.6) is 0 Å². The van der Waals surface area contributed by atoms with E-state index in [-0.39, 0.29) is 0 Å². The van der Waals surface area contributed by atoms with Crippen molar-refractivity contribution in [2.45, 2.75) is 57.9 Å². The number of anilines is 1. The third-order valence-electron chi connectivity index (χ3n) is 6.52.